The van der Waals surface area contributed by atoms with Crippen LogP contribution in [0.1, 0.15) is 12.0 Å². The number of guanidine groups is 1. The van der Waals surface area contributed by atoms with Gasteiger partial charge in [-0.15, -0.1) is 0 Å². The molecule has 0 amide bonds. The first-order valence-corrected chi connectivity index (χ1v) is 7.58. The van der Waals surface area contributed by atoms with Crippen molar-refractivity contribution in [1.29, 1.82) is 5.41 Å². The lowest BCUT2D eigenvalue weighted by Gasteiger charge is -2.05. The summed E-state index contributed by atoms with van der Waals surface area (Å²) in [6.07, 6.45) is 1.81. The van der Waals surface area contributed by atoms with Crippen LogP contribution in [-0.2, 0) is 21.6 Å². The predicted octanol–water partition coefficient (Wildman–Crippen LogP) is 0.466. The lowest BCUT2D eigenvalue weighted by molar-refractivity contribution is 0.135. The lowest BCUT2D eigenvalue weighted by atomic mass is 10.2. The Labute approximate surface area is 124 Å². The van der Waals surface area contributed by atoms with Gasteiger partial charge in [-0.25, -0.2) is 0 Å². The minimum absolute atomic E-state index is 0.0179. The van der Waals surface area contributed by atoms with Crippen LogP contribution in [0.15, 0.2) is 30.3 Å². The Hall–Kier alpha value is -1.68. The van der Waals surface area contributed by atoms with E-state index in [9.17, 15) is 0 Å². The Morgan fingerprint density at radius 1 is 1.24 bits per heavy atom. The average Bonchev–Trinajstić information content (AvgIpc) is 2.36. The summed E-state index contributed by atoms with van der Waals surface area (Å²) in [5.41, 5.74) is 6.44. The van der Waals surface area contributed by atoms with Crippen molar-refractivity contribution in [2.45, 2.75) is 12.8 Å². The summed E-state index contributed by atoms with van der Waals surface area (Å²) < 4.78 is 37.1. The van der Waals surface area contributed by atoms with E-state index in [0.29, 0.717) is 13.2 Å². The molecule has 0 atom stereocenters. The number of hydrogen-bond acceptors (Lipinski definition) is 4. The van der Waals surface area contributed by atoms with Gasteiger partial charge < -0.3 is 15.8 Å². The van der Waals surface area contributed by atoms with Gasteiger partial charge in [-0.2, -0.15) is 8.42 Å². The summed E-state index contributed by atoms with van der Waals surface area (Å²) in [4.78, 5) is 0. The predicted molar refractivity (Wildman–Crippen MR) is 79.7 cm³/mol. The molecule has 0 saturated heterocycles. The number of ether oxygens (including phenoxy) is 1. The van der Waals surface area contributed by atoms with Gasteiger partial charge >= 0.3 is 10.4 Å². The van der Waals surface area contributed by atoms with Gasteiger partial charge in [0, 0.05) is 13.2 Å². The van der Waals surface area contributed by atoms with Crippen LogP contribution in [0.3, 0.4) is 0 Å². The molecule has 1 aromatic carbocycles. The zero-order valence-corrected chi connectivity index (χ0v) is 12.3. The molecule has 0 aliphatic rings. The fraction of sp³-hybridized carbons (Fsp3) is 0.417. The highest BCUT2D eigenvalue weighted by Crippen LogP contribution is 1.99. The van der Waals surface area contributed by atoms with Gasteiger partial charge in [0.2, 0.25) is 0 Å². The SMILES string of the molecule is N=C(N)NCCCOCCc1ccccc1.O=S(=O)(O)O. The molecule has 0 fully saturated rings. The molecule has 1 rings (SSSR count). The smallest absolute Gasteiger partial charge is 0.381 e. The van der Waals surface area contributed by atoms with Crippen molar-refractivity contribution in [3.05, 3.63) is 35.9 Å². The van der Waals surface area contributed by atoms with Gasteiger partial charge in [-0.1, -0.05) is 30.3 Å². The number of nitrogens with two attached hydrogens (primary N) is 1. The normalized spacial score (nSPS) is 10.4. The van der Waals surface area contributed by atoms with Crippen LogP contribution in [0.5, 0.6) is 0 Å². The summed E-state index contributed by atoms with van der Waals surface area (Å²) >= 11 is 0. The fourth-order valence-corrected chi connectivity index (χ4v) is 1.33. The highest BCUT2D eigenvalue weighted by atomic mass is 32.3. The van der Waals surface area contributed by atoms with Crippen molar-refractivity contribution in [2.75, 3.05) is 19.8 Å². The van der Waals surface area contributed by atoms with Crippen LogP contribution in [-0.4, -0.2) is 43.2 Å². The van der Waals surface area contributed by atoms with Gasteiger partial charge in [0.25, 0.3) is 0 Å². The minimum Gasteiger partial charge on any atom is -0.381 e. The molecular formula is C12H21N3O5S. The summed E-state index contributed by atoms with van der Waals surface area (Å²) in [6.45, 7) is 2.14. The molecule has 6 N–H and O–H groups in total. The monoisotopic (exact) mass is 319 g/mol. The van der Waals surface area contributed by atoms with E-state index in [-0.39, 0.29) is 5.96 Å². The molecule has 8 nitrogen and oxygen atoms in total. The van der Waals surface area contributed by atoms with Gasteiger partial charge in [0.1, 0.15) is 0 Å². The molecule has 9 heteroatoms. The Kier molecular flexibility index (Phi) is 10.1. The van der Waals surface area contributed by atoms with E-state index in [1.165, 1.54) is 5.56 Å². The number of benzene rings is 1. The van der Waals surface area contributed by atoms with Crippen LogP contribution in [0.25, 0.3) is 0 Å². The molecule has 0 aliphatic heterocycles. The molecule has 0 radical (unpaired) electrons. The van der Waals surface area contributed by atoms with Crippen molar-refractivity contribution >= 4 is 16.4 Å². The summed E-state index contributed by atoms with van der Waals surface area (Å²) in [6, 6.07) is 10.3. The van der Waals surface area contributed by atoms with Crippen molar-refractivity contribution in [3.63, 3.8) is 0 Å². The molecule has 0 bridgehead atoms. The van der Waals surface area contributed by atoms with E-state index in [2.05, 4.69) is 17.4 Å². The number of nitrogens with one attached hydrogen (secondary N) is 2. The molecule has 0 aromatic heterocycles. The molecule has 120 valence electrons. The highest BCUT2D eigenvalue weighted by molar-refractivity contribution is 7.79. The van der Waals surface area contributed by atoms with Gasteiger partial charge in [-0.05, 0) is 18.4 Å². The second kappa shape index (κ2) is 11.0. The second-order valence-corrected chi connectivity index (χ2v) is 4.89. The maximum absolute atomic E-state index is 8.74. The van der Waals surface area contributed by atoms with E-state index >= 15 is 0 Å². The van der Waals surface area contributed by atoms with E-state index in [0.717, 1.165) is 19.4 Å². The van der Waals surface area contributed by atoms with Crippen LogP contribution in [0.4, 0.5) is 0 Å². The maximum Gasteiger partial charge on any atom is 0.394 e. The standard InChI is InChI=1S/C12H19N3O.H2O4S/c13-12(14)15-8-4-9-16-10-7-11-5-2-1-3-6-11;1-5(2,3)4/h1-3,5-6H,4,7-10H2,(H4,13,14,15);(H2,1,2,3,4). The Morgan fingerprint density at radius 2 is 1.81 bits per heavy atom. The minimum atomic E-state index is -4.67. The molecule has 0 unspecified atom stereocenters. The summed E-state index contributed by atoms with van der Waals surface area (Å²) in [7, 11) is -4.67. The Bertz CT molecular complexity index is 485. The third-order valence-electron chi connectivity index (χ3n) is 2.16. The quantitative estimate of drug-likeness (QED) is 0.212. The first-order chi connectivity index (χ1) is 9.79. The van der Waals surface area contributed by atoms with Gasteiger partial charge in [0.15, 0.2) is 5.96 Å². The number of rotatable bonds is 7. The van der Waals surface area contributed by atoms with Gasteiger partial charge in [-0.3, -0.25) is 14.5 Å². The van der Waals surface area contributed by atoms with Crippen LogP contribution >= 0.6 is 0 Å². The molecule has 21 heavy (non-hydrogen) atoms. The lowest BCUT2D eigenvalue weighted by Crippen LogP contribution is -2.31. The van der Waals surface area contributed by atoms with E-state index in [1.54, 1.807) is 0 Å². The largest absolute Gasteiger partial charge is 0.394 e. The third kappa shape index (κ3) is 18.3. The molecule has 1 aromatic rings. The first-order valence-electron chi connectivity index (χ1n) is 6.18. The van der Waals surface area contributed by atoms with Crippen LogP contribution in [0.2, 0.25) is 0 Å². The van der Waals surface area contributed by atoms with E-state index in [1.807, 2.05) is 18.2 Å². The molecule has 0 saturated carbocycles. The summed E-state index contributed by atoms with van der Waals surface area (Å²) in [5.74, 6) is 0.0179. The van der Waals surface area contributed by atoms with E-state index < -0.39 is 10.4 Å². The molecule has 0 heterocycles. The topological polar surface area (TPSA) is 146 Å². The van der Waals surface area contributed by atoms with Crippen molar-refractivity contribution < 1.29 is 22.3 Å². The van der Waals surface area contributed by atoms with Gasteiger partial charge in [0.05, 0.1) is 6.61 Å². The fourth-order valence-electron chi connectivity index (χ4n) is 1.33. The molecule has 0 spiro atoms. The highest BCUT2D eigenvalue weighted by Gasteiger charge is 1.93. The number of hydrogen-bond donors (Lipinski definition) is 5. The Morgan fingerprint density at radius 3 is 2.33 bits per heavy atom. The van der Waals surface area contributed by atoms with Crippen molar-refractivity contribution in [3.8, 4) is 0 Å². The van der Waals surface area contributed by atoms with Crippen molar-refractivity contribution in [1.82, 2.24) is 5.32 Å². The van der Waals surface area contributed by atoms with Crippen LogP contribution < -0.4 is 11.1 Å². The average molecular weight is 319 g/mol. The maximum atomic E-state index is 8.74. The van der Waals surface area contributed by atoms with Crippen molar-refractivity contribution in [2.24, 2.45) is 5.73 Å². The van der Waals surface area contributed by atoms with Crippen LogP contribution in [0, 0.1) is 5.41 Å². The van der Waals surface area contributed by atoms with E-state index in [4.69, 9.17) is 33.4 Å². The zero-order chi connectivity index (χ0) is 16.1. The summed E-state index contributed by atoms with van der Waals surface area (Å²) in [5, 5.41) is 9.68. The zero-order valence-electron chi connectivity index (χ0n) is 11.5. The molecule has 0 aliphatic carbocycles. The Balaban J connectivity index is 0.000000690. The second-order valence-electron chi connectivity index (χ2n) is 3.99. The molecular weight excluding hydrogens is 298 g/mol. The first kappa shape index (κ1) is 19.3. The third-order valence-corrected chi connectivity index (χ3v) is 2.16.